The van der Waals surface area contributed by atoms with E-state index >= 15 is 0 Å². The molecule has 0 N–H and O–H groups in total. The second kappa shape index (κ2) is 7.92. The number of benzene rings is 1. The molecule has 0 radical (unpaired) electrons. The van der Waals surface area contributed by atoms with Crippen LogP contribution in [0.5, 0.6) is 0 Å². The lowest BCUT2D eigenvalue weighted by Crippen LogP contribution is -2.40. The van der Waals surface area contributed by atoms with Crippen molar-refractivity contribution in [3.63, 3.8) is 0 Å². The smallest absolute Gasteiger partial charge is 0.422 e. The number of ether oxygens (including phenoxy) is 1. The van der Waals surface area contributed by atoms with Crippen LogP contribution in [0.2, 0.25) is 0 Å². The molecule has 0 aliphatic heterocycles. The first kappa shape index (κ1) is 21.7. The van der Waals surface area contributed by atoms with Gasteiger partial charge >= 0.3 is 24.2 Å². The number of halogens is 7. The number of carbonyl (C=O) groups is 2. The van der Waals surface area contributed by atoms with Crippen LogP contribution in [-0.2, 0) is 20.5 Å². The summed E-state index contributed by atoms with van der Waals surface area (Å²) in [6.45, 7) is 0.372. The van der Waals surface area contributed by atoms with E-state index in [-0.39, 0.29) is 18.2 Å². The van der Waals surface area contributed by atoms with Crippen molar-refractivity contribution in [2.75, 3.05) is 13.2 Å². The van der Waals surface area contributed by atoms with Gasteiger partial charge in [-0.1, -0.05) is 6.07 Å². The van der Waals surface area contributed by atoms with Gasteiger partial charge < -0.3 is 9.64 Å². The molecule has 0 fully saturated rings. The van der Waals surface area contributed by atoms with Crippen molar-refractivity contribution in [3.05, 3.63) is 35.1 Å². The summed E-state index contributed by atoms with van der Waals surface area (Å²) >= 11 is 0. The van der Waals surface area contributed by atoms with E-state index in [4.69, 9.17) is 0 Å². The Morgan fingerprint density at radius 3 is 2.15 bits per heavy atom. The Morgan fingerprint density at radius 2 is 1.73 bits per heavy atom. The number of hydrogen-bond donors (Lipinski definition) is 0. The summed E-state index contributed by atoms with van der Waals surface area (Å²) in [4.78, 5) is 24.1. The van der Waals surface area contributed by atoms with E-state index < -0.39 is 48.3 Å². The molecule has 1 amide bonds. The molecule has 0 bridgehead atoms. The Balaban J connectivity index is 3.00. The Labute approximate surface area is 143 Å². The summed E-state index contributed by atoms with van der Waals surface area (Å²) in [6.07, 6.45) is -9.61. The zero-order valence-corrected chi connectivity index (χ0v) is 13.5. The summed E-state index contributed by atoms with van der Waals surface area (Å²) in [5.74, 6) is -4.55. The minimum Gasteiger partial charge on any atom is -0.449 e. The standard InChI is InChI=1S/C15H14F7NO3/c1-3-23(12(24)13(25)26-7-14(17,18)19)8(2)10-5-4-9(6-11(10)16)15(20,21)22/h4-6,8H,3,7H2,1-2H3. The van der Waals surface area contributed by atoms with E-state index in [1.54, 1.807) is 0 Å². The summed E-state index contributed by atoms with van der Waals surface area (Å²) in [7, 11) is 0. The molecule has 1 atom stereocenters. The molecule has 0 spiro atoms. The van der Waals surface area contributed by atoms with E-state index in [1.807, 2.05) is 0 Å². The third-order valence-corrected chi connectivity index (χ3v) is 3.39. The fraction of sp³-hybridized carbons (Fsp3) is 0.467. The molecule has 11 heteroatoms. The van der Waals surface area contributed by atoms with Crippen LogP contribution in [0.3, 0.4) is 0 Å². The average Bonchev–Trinajstić information content (AvgIpc) is 2.51. The van der Waals surface area contributed by atoms with Crippen LogP contribution in [0.25, 0.3) is 0 Å². The molecule has 1 aromatic carbocycles. The molecule has 1 rings (SSSR count). The van der Waals surface area contributed by atoms with Crippen LogP contribution in [0, 0.1) is 5.82 Å². The van der Waals surface area contributed by atoms with Gasteiger partial charge in [-0.3, -0.25) is 4.79 Å². The van der Waals surface area contributed by atoms with Crippen molar-refractivity contribution in [1.29, 1.82) is 0 Å². The minimum absolute atomic E-state index is 0.221. The second-order valence-electron chi connectivity index (χ2n) is 5.19. The van der Waals surface area contributed by atoms with Crippen molar-refractivity contribution < 1.29 is 45.1 Å². The summed E-state index contributed by atoms with van der Waals surface area (Å²) in [5, 5.41) is 0. The highest BCUT2D eigenvalue weighted by molar-refractivity contribution is 6.32. The maximum Gasteiger partial charge on any atom is 0.422 e. The lowest BCUT2D eigenvalue weighted by Gasteiger charge is -2.28. The quantitative estimate of drug-likeness (QED) is 0.446. The summed E-state index contributed by atoms with van der Waals surface area (Å²) < 4.78 is 91.6. The number of hydrogen-bond acceptors (Lipinski definition) is 3. The normalized spacial score (nSPS) is 13.3. The molecule has 26 heavy (non-hydrogen) atoms. The van der Waals surface area contributed by atoms with Crippen molar-refractivity contribution in [3.8, 4) is 0 Å². The van der Waals surface area contributed by atoms with Gasteiger partial charge in [0.25, 0.3) is 0 Å². The largest absolute Gasteiger partial charge is 0.449 e. The Bertz CT molecular complexity index is 670. The van der Waals surface area contributed by atoms with E-state index in [9.17, 15) is 40.3 Å². The van der Waals surface area contributed by atoms with Gasteiger partial charge in [-0.25, -0.2) is 9.18 Å². The zero-order chi connectivity index (χ0) is 20.3. The number of alkyl halides is 6. The highest BCUT2D eigenvalue weighted by atomic mass is 19.4. The van der Waals surface area contributed by atoms with Gasteiger partial charge in [0.05, 0.1) is 11.6 Å². The van der Waals surface area contributed by atoms with E-state index in [1.165, 1.54) is 13.8 Å². The maximum atomic E-state index is 14.0. The zero-order valence-electron chi connectivity index (χ0n) is 13.5. The first-order valence-corrected chi connectivity index (χ1v) is 7.19. The summed E-state index contributed by atoms with van der Waals surface area (Å²) in [5.41, 5.74) is -1.58. The van der Waals surface area contributed by atoms with Crippen molar-refractivity contribution in [2.24, 2.45) is 0 Å². The molecule has 0 saturated carbocycles. The molecule has 0 aliphatic carbocycles. The molecule has 4 nitrogen and oxygen atoms in total. The predicted octanol–water partition coefficient (Wildman–Crippen LogP) is 3.86. The fourth-order valence-electron chi connectivity index (χ4n) is 2.13. The van der Waals surface area contributed by atoms with Gasteiger partial charge in [0, 0.05) is 12.1 Å². The highest BCUT2D eigenvalue weighted by Gasteiger charge is 2.35. The van der Waals surface area contributed by atoms with Crippen molar-refractivity contribution in [2.45, 2.75) is 32.2 Å². The van der Waals surface area contributed by atoms with Crippen LogP contribution >= 0.6 is 0 Å². The first-order valence-electron chi connectivity index (χ1n) is 7.19. The van der Waals surface area contributed by atoms with E-state index in [2.05, 4.69) is 4.74 Å². The lowest BCUT2D eigenvalue weighted by molar-refractivity contribution is -0.189. The molecule has 0 saturated heterocycles. The maximum absolute atomic E-state index is 14.0. The van der Waals surface area contributed by atoms with Crippen molar-refractivity contribution >= 4 is 11.9 Å². The molecule has 0 aliphatic rings. The molecular formula is C15H14F7NO3. The average molecular weight is 389 g/mol. The SMILES string of the molecule is CCN(C(=O)C(=O)OCC(F)(F)F)C(C)c1ccc(C(F)(F)F)cc1F. The first-order chi connectivity index (χ1) is 11.8. The van der Waals surface area contributed by atoms with Crippen LogP contribution in [0.1, 0.15) is 31.0 Å². The van der Waals surface area contributed by atoms with Gasteiger partial charge in [-0.05, 0) is 26.0 Å². The number of rotatable bonds is 4. The Morgan fingerprint density at radius 1 is 1.15 bits per heavy atom. The third-order valence-electron chi connectivity index (χ3n) is 3.39. The monoisotopic (exact) mass is 389 g/mol. The number of nitrogens with zero attached hydrogens (tertiary/aromatic N) is 1. The highest BCUT2D eigenvalue weighted by Crippen LogP contribution is 2.32. The van der Waals surface area contributed by atoms with Crippen molar-refractivity contribution in [1.82, 2.24) is 4.90 Å². The number of esters is 1. The number of likely N-dealkylation sites (N-methyl/N-ethyl adjacent to an activating group) is 1. The van der Waals surface area contributed by atoms with Gasteiger partial charge in [0.15, 0.2) is 6.61 Å². The van der Waals surface area contributed by atoms with E-state index in [0.29, 0.717) is 11.0 Å². The van der Waals surface area contributed by atoms with Crippen LogP contribution in [0.4, 0.5) is 30.7 Å². The van der Waals surface area contributed by atoms with Gasteiger partial charge in [-0.15, -0.1) is 0 Å². The number of carbonyl (C=O) groups excluding carboxylic acids is 2. The Kier molecular flexibility index (Phi) is 6.61. The predicted molar refractivity (Wildman–Crippen MR) is 74.2 cm³/mol. The Hall–Kier alpha value is -2.33. The van der Waals surface area contributed by atoms with Crippen LogP contribution < -0.4 is 0 Å². The van der Waals surface area contributed by atoms with Crippen LogP contribution in [-0.4, -0.2) is 36.1 Å². The molecular weight excluding hydrogens is 375 g/mol. The molecule has 0 aromatic heterocycles. The molecule has 0 heterocycles. The second-order valence-corrected chi connectivity index (χ2v) is 5.19. The molecule has 146 valence electrons. The van der Waals surface area contributed by atoms with Crippen LogP contribution in [0.15, 0.2) is 18.2 Å². The molecule has 1 unspecified atom stereocenters. The lowest BCUT2D eigenvalue weighted by atomic mass is 10.0. The summed E-state index contributed by atoms with van der Waals surface area (Å²) in [6, 6.07) is 0.398. The topological polar surface area (TPSA) is 46.6 Å². The van der Waals surface area contributed by atoms with Gasteiger partial charge in [0.2, 0.25) is 0 Å². The minimum atomic E-state index is -4.84. The van der Waals surface area contributed by atoms with Gasteiger partial charge in [-0.2, -0.15) is 26.3 Å². The third kappa shape index (κ3) is 5.60. The van der Waals surface area contributed by atoms with Gasteiger partial charge in [0.1, 0.15) is 5.82 Å². The van der Waals surface area contributed by atoms with E-state index in [0.717, 1.165) is 6.07 Å². The fourth-order valence-corrected chi connectivity index (χ4v) is 2.13. The molecule has 1 aromatic rings. The number of amides is 1.